The predicted molar refractivity (Wildman–Crippen MR) is 91.4 cm³/mol. The fourth-order valence-electron chi connectivity index (χ4n) is 2.92. The molecule has 4 nitrogen and oxygen atoms in total. The minimum absolute atomic E-state index is 0.165. The third-order valence-electron chi connectivity index (χ3n) is 3.92. The molecule has 0 radical (unpaired) electrons. The fraction of sp³-hybridized carbons (Fsp3) is 0.611. The van der Waals surface area contributed by atoms with Gasteiger partial charge >= 0.3 is 6.18 Å². The zero-order valence-corrected chi connectivity index (χ0v) is 15.5. The third-order valence-corrected chi connectivity index (χ3v) is 3.92. The summed E-state index contributed by atoms with van der Waals surface area (Å²) >= 11 is 0. The van der Waals surface area contributed by atoms with Gasteiger partial charge in [-0.05, 0) is 43.9 Å². The van der Waals surface area contributed by atoms with Crippen molar-refractivity contribution in [2.24, 2.45) is 5.73 Å². The van der Waals surface area contributed by atoms with Gasteiger partial charge in [-0.15, -0.1) is 0 Å². The summed E-state index contributed by atoms with van der Waals surface area (Å²) in [5.74, 6) is 0.0618. The molecule has 7 heteroatoms. The average molecular weight is 360 g/mol. The highest BCUT2D eigenvalue weighted by Crippen LogP contribution is 2.28. The van der Waals surface area contributed by atoms with E-state index in [1.165, 1.54) is 0 Å². The molecule has 1 aromatic carbocycles. The lowest BCUT2D eigenvalue weighted by molar-refractivity contribution is -0.153. The maximum atomic E-state index is 12.5. The first-order chi connectivity index (χ1) is 11.4. The number of nitrogens with two attached hydrogens (primary N) is 1. The summed E-state index contributed by atoms with van der Waals surface area (Å²) in [6.45, 7) is 6.05. The summed E-state index contributed by atoms with van der Waals surface area (Å²) in [5, 5.41) is 0. The van der Waals surface area contributed by atoms with Gasteiger partial charge in [-0.2, -0.15) is 13.2 Å². The highest BCUT2D eigenvalue weighted by atomic mass is 19.4. The molecular formula is C18H27F3N2O2. The Morgan fingerprint density at radius 3 is 2.20 bits per heavy atom. The zero-order chi connectivity index (χ0) is 19.4. The van der Waals surface area contributed by atoms with Crippen LogP contribution in [0, 0.1) is 13.8 Å². The van der Waals surface area contributed by atoms with Gasteiger partial charge in [-0.3, -0.25) is 4.79 Å². The maximum Gasteiger partial charge on any atom is 0.422 e. The van der Waals surface area contributed by atoms with Gasteiger partial charge in [-0.25, -0.2) is 0 Å². The second-order valence-corrected chi connectivity index (χ2v) is 6.79. The van der Waals surface area contributed by atoms with Crippen molar-refractivity contribution in [1.82, 2.24) is 4.90 Å². The van der Waals surface area contributed by atoms with Crippen molar-refractivity contribution in [2.45, 2.75) is 58.8 Å². The van der Waals surface area contributed by atoms with Crippen molar-refractivity contribution >= 4 is 5.91 Å². The molecule has 1 amide bonds. The molecule has 1 aromatic rings. The molecule has 0 fully saturated rings. The van der Waals surface area contributed by atoms with Crippen LogP contribution in [0.1, 0.15) is 43.4 Å². The molecule has 0 aliphatic rings. The van der Waals surface area contributed by atoms with Gasteiger partial charge in [0.2, 0.25) is 5.91 Å². The molecule has 0 spiro atoms. The van der Waals surface area contributed by atoms with E-state index in [0.717, 1.165) is 12.0 Å². The monoisotopic (exact) mass is 360 g/mol. The van der Waals surface area contributed by atoms with E-state index in [-0.39, 0.29) is 11.7 Å². The van der Waals surface area contributed by atoms with Gasteiger partial charge in [0.1, 0.15) is 5.75 Å². The maximum absolute atomic E-state index is 12.5. The molecule has 1 unspecified atom stereocenters. The van der Waals surface area contributed by atoms with Crippen molar-refractivity contribution in [3.8, 4) is 5.75 Å². The lowest BCUT2D eigenvalue weighted by Gasteiger charge is -2.29. The number of carbonyl (C=O) groups is 1. The molecule has 2 N–H and O–H groups in total. The van der Waals surface area contributed by atoms with Gasteiger partial charge in [0.25, 0.3) is 0 Å². The van der Waals surface area contributed by atoms with Crippen LogP contribution in [0.15, 0.2) is 12.1 Å². The summed E-state index contributed by atoms with van der Waals surface area (Å²) in [6.07, 6.45) is -3.00. The molecular weight excluding hydrogens is 333 g/mol. The Kier molecular flexibility index (Phi) is 6.88. The second kappa shape index (κ2) is 8.08. The summed E-state index contributed by atoms with van der Waals surface area (Å²) in [6, 6.07) is 3.46. The Labute approximate surface area is 147 Å². The highest BCUT2D eigenvalue weighted by molar-refractivity contribution is 5.85. The average Bonchev–Trinajstić information content (AvgIpc) is 2.44. The van der Waals surface area contributed by atoms with E-state index in [9.17, 15) is 18.0 Å². The van der Waals surface area contributed by atoms with E-state index >= 15 is 0 Å². The van der Waals surface area contributed by atoms with Crippen LogP contribution >= 0.6 is 0 Å². The van der Waals surface area contributed by atoms with Crippen molar-refractivity contribution < 1.29 is 22.7 Å². The Morgan fingerprint density at radius 1 is 1.24 bits per heavy atom. The lowest BCUT2D eigenvalue weighted by atomic mass is 9.95. The smallest absolute Gasteiger partial charge is 0.422 e. The SMILES string of the molecule is CCCC(C)(N)C(=O)N(C)Cc1cc(C)c(OCC(F)(F)F)c(C)c1. The van der Waals surface area contributed by atoms with Crippen molar-refractivity contribution in [3.05, 3.63) is 28.8 Å². The quantitative estimate of drug-likeness (QED) is 0.806. The van der Waals surface area contributed by atoms with Crippen molar-refractivity contribution in [3.63, 3.8) is 0 Å². The number of amides is 1. The number of hydrogen-bond donors (Lipinski definition) is 1. The Bertz CT molecular complexity index is 590. The number of halogens is 3. The van der Waals surface area contributed by atoms with E-state index in [1.54, 1.807) is 44.9 Å². The topological polar surface area (TPSA) is 55.6 Å². The summed E-state index contributed by atoms with van der Waals surface area (Å²) in [7, 11) is 1.67. The van der Waals surface area contributed by atoms with E-state index < -0.39 is 18.3 Å². The van der Waals surface area contributed by atoms with Gasteiger partial charge in [0, 0.05) is 13.6 Å². The summed E-state index contributed by atoms with van der Waals surface area (Å²) in [5.41, 5.74) is 7.16. The first-order valence-electron chi connectivity index (χ1n) is 8.21. The fourth-order valence-corrected chi connectivity index (χ4v) is 2.92. The molecule has 25 heavy (non-hydrogen) atoms. The minimum Gasteiger partial charge on any atom is -0.484 e. The van der Waals surface area contributed by atoms with Gasteiger partial charge in [0.15, 0.2) is 6.61 Å². The van der Waals surface area contributed by atoms with E-state index in [0.29, 0.717) is 24.1 Å². The number of benzene rings is 1. The lowest BCUT2D eigenvalue weighted by Crippen LogP contribution is -2.51. The Morgan fingerprint density at radius 2 is 1.76 bits per heavy atom. The van der Waals surface area contributed by atoms with Crippen molar-refractivity contribution in [1.29, 1.82) is 0 Å². The summed E-state index contributed by atoms with van der Waals surface area (Å²) < 4.78 is 41.9. The van der Waals surface area contributed by atoms with Gasteiger partial charge < -0.3 is 15.4 Å². The molecule has 1 rings (SSSR count). The molecule has 0 aliphatic carbocycles. The molecule has 1 atom stereocenters. The molecule has 0 saturated carbocycles. The standard InChI is InChI=1S/C18H27F3N2O2/c1-6-7-17(4,22)16(24)23(5)10-14-8-12(2)15(13(3)9-14)25-11-18(19,20)21/h8-9H,6-7,10-11,22H2,1-5H3. The number of carbonyl (C=O) groups excluding carboxylic acids is 1. The number of aryl methyl sites for hydroxylation is 2. The Hall–Kier alpha value is -1.76. The molecule has 0 bridgehead atoms. The first kappa shape index (κ1) is 21.3. The van der Waals surface area contributed by atoms with Gasteiger partial charge in [-0.1, -0.05) is 25.5 Å². The number of hydrogen-bond acceptors (Lipinski definition) is 3. The molecule has 0 aromatic heterocycles. The van der Waals surface area contributed by atoms with Crippen LogP contribution in [0.3, 0.4) is 0 Å². The van der Waals surface area contributed by atoms with Crippen LogP contribution in [0.5, 0.6) is 5.75 Å². The van der Waals surface area contributed by atoms with E-state index in [4.69, 9.17) is 10.5 Å². The molecule has 0 saturated heterocycles. The van der Waals surface area contributed by atoms with Crippen LogP contribution in [0.25, 0.3) is 0 Å². The van der Waals surface area contributed by atoms with Crippen LogP contribution < -0.4 is 10.5 Å². The van der Waals surface area contributed by atoms with E-state index in [1.807, 2.05) is 6.92 Å². The first-order valence-corrected chi connectivity index (χ1v) is 8.21. The van der Waals surface area contributed by atoms with Crippen LogP contribution in [-0.4, -0.2) is 36.2 Å². The Balaban J connectivity index is 2.89. The molecule has 0 heterocycles. The van der Waals surface area contributed by atoms with Crippen molar-refractivity contribution in [2.75, 3.05) is 13.7 Å². The third kappa shape index (κ3) is 6.23. The number of likely N-dealkylation sites (N-methyl/N-ethyl adjacent to an activating group) is 1. The number of alkyl halides is 3. The molecule has 0 aliphatic heterocycles. The highest BCUT2D eigenvalue weighted by Gasteiger charge is 2.31. The van der Waals surface area contributed by atoms with Gasteiger partial charge in [0.05, 0.1) is 5.54 Å². The van der Waals surface area contributed by atoms with E-state index in [2.05, 4.69) is 0 Å². The van der Waals surface area contributed by atoms with Crippen LogP contribution in [0.2, 0.25) is 0 Å². The number of ether oxygens (including phenoxy) is 1. The van der Waals surface area contributed by atoms with Crippen LogP contribution in [0.4, 0.5) is 13.2 Å². The zero-order valence-electron chi connectivity index (χ0n) is 15.5. The summed E-state index contributed by atoms with van der Waals surface area (Å²) in [4.78, 5) is 14.0. The van der Waals surface area contributed by atoms with Crippen LogP contribution in [-0.2, 0) is 11.3 Å². The largest absolute Gasteiger partial charge is 0.484 e. The minimum atomic E-state index is -4.38. The number of nitrogens with zero attached hydrogens (tertiary/aromatic N) is 1. The normalized spacial score (nSPS) is 14.1. The number of rotatable bonds is 7. The molecule has 142 valence electrons. The predicted octanol–water partition coefficient (Wildman–Crippen LogP) is 3.72. The second-order valence-electron chi connectivity index (χ2n) is 6.79.